The molecular formula is C12H19N3O. The van der Waals surface area contributed by atoms with Crippen LogP contribution in [0.4, 0.5) is 5.82 Å². The maximum Gasteiger partial charge on any atom is 0.126 e. The Bertz CT molecular complexity index is 324. The SMILES string of the molecule is Cc1ccnc(NCCN2CCOCC2)c1. The molecule has 1 N–H and O–H groups in total. The summed E-state index contributed by atoms with van der Waals surface area (Å²) in [6.45, 7) is 7.89. The fourth-order valence-electron chi connectivity index (χ4n) is 1.80. The molecule has 0 bridgehead atoms. The van der Waals surface area contributed by atoms with Crippen LogP contribution in [-0.2, 0) is 4.74 Å². The molecule has 4 nitrogen and oxygen atoms in total. The molecule has 0 radical (unpaired) electrons. The predicted octanol–water partition coefficient (Wildman–Crippen LogP) is 1.13. The van der Waals surface area contributed by atoms with E-state index in [-0.39, 0.29) is 0 Å². The zero-order valence-electron chi connectivity index (χ0n) is 9.78. The monoisotopic (exact) mass is 221 g/mol. The van der Waals surface area contributed by atoms with Crippen LogP contribution in [0.3, 0.4) is 0 Å². The lowest BCUT2D eigenvalue weighted by Gasteiger charge is -2.26. The summed E-state index contributed by atoms with van der Waals surface area (Å²) in [5, 5.41) is 3.34. The summed E-state index contributed by atoms with van der Waals surface area (Å²) in [5.74, 6) is 0.966. The Balaban J connectivity index is 1.71. The van der Waals surface area contributed by atoms with Crippen molar-refractivity contribution in [3.63, 3.8) is 0 Å². The minimum absolute atomic E-state index is 0.864. The van der Waals surface area contributed by atoms with Crippen LogP contribution in [0.2, 0.25) is 0 Å². The lowest BCUT2D eigenvalue weighted by molar-refractivity contribution is 0.0398. The first-order valence-corrected chi connectivity index (χ1v) is 5.81. The molecular weight excluding hydrogens is 202 g/mol. The highest BCUT2D eigenvalue weighted by Gasteiger charge is 2.08. The van der Waals surface area contributed by atoms with Crippen molar-refractivity contribution in [2.45, 2.75) is 6.92 Å². The molecule has 2 heterocycles. The second kappa shape index (κ2) is 5.82. The maximum atomic E-state index is 5.31. The molecule has 0 spiro atoms. The van der Waals surface area contributed by atoms with Crippen LogP contribution in [0, 0.1) is 6.92 Å². The van der Waals surface area contributed by atoms with Gasteiger partial charge in [-0.1, -0.05) is 0 Å². The number of hydrogen-bond donors (Lipinski definition) is 1. The molecule has 0 aliphatic carbocycles. The largest absolute Gasteiger partial charge is 0.379 e. The van der Waals surface area contributed by atoms with E-state index in [1.165, 1.54) is 5.56 Å². The van der Waals surface area contributed by atoms with Gasteiger partial charge in [-0.15, -0.1) is 0 Å². The van der Waals surface area contributed by atoms with Crippen molar-refractivity contribution in [2.75, 3.05) is 44.7 Å². The van der Waals surface area contributed by atoms with E-state index in [1.54, 1.807) is 0 Å². The molecule has 1 aliphatic rings. The number of rotatable bonds is 4. The van der Waals surface area contributed by atoms with Gasteiger partial charge in [-0.05, 0) is 24.6 Å². The lowest BCUT2D eigenvalue weighted by Crippen LogP contribution is -2.39. The molecule has 1 aliphatic heterocycles. The minimum Gasteiger partial charge on any atom is -0.379 e. The number of aromatic nitrogens is 1. The molecule has 4 heteroatoms. The Hall–Kier alpha value is -1.13. The molecule has 0 unspecified atom stereocenters. The van der Waals surface area contributed by atoms with E-state index < -0.39 is 0 Å². The lowest BCUT2D eigenvalue weighted by atomic mass is 10.3. The third-order valence-electron chi connectivity index (χ3n) is 2.75. The predicted molar refractivity (Wildman–Crippen MR) is 64.7 cm³/mol. The van der Waals surface area contributed by atoms with Crippen molar-refractivity contribution in [3.05, 3.63) is 23.9 Å². The van der Waals surface area contributed by atoms with Gasteiger partial charge in [0.05, 0.1) is 13.2 Å². The van der Waals surface area contributed by atoms with E-state index >= 15 is 0 Å². The Kier molecular flexibility index (Phi) is 4.13. The molecule has 0 aromatic carbocycles. The number of nitrogens with zero attached hydrogens (tertiary/aromatic N) is 2. The number of morpholine rings is 1. The summed E-state index contributed by atoms with van der Waals surface area (Å²) in [6.07, 6.45) is 1.84. The Labute approximate surface area is 96.6 Å². The average molecular weight is 221 g/mol. The summed E-state index contributed by atoms with van der Waals surface area (Å²) in [4.78, 5) is 6.68. The van der Waals surface area contributed by atoms with Crippen LogP contribution in [0.15, 0.2) is 18.3 Å². The minimum atomic E-state index is 0.864. The van der Waals surface area contributed by atoms with Gasteiger partial charge < -0.3 is 10.1 Å². The van der Waals surface area contributed by atoms with E-state index in [0.717, 1.165) is 45.2 Å². The van der Waals surface area contributed by atoms with Crippen LogP contribution in [0.25, 0.3) is 0 Å². The molecule has 16 heavy (non-hydrogen) atoms. The highest BCUT2D eigenvalue weighted by atomic mass is 16.5. The van der Waals surface area contributed by atoms with E-state index in [0.29, 0.717) is 0 Å². The summed E-state index contributed by atoms with van der Waals surface area (Å²) in [7, 11) is 0. The van der Waals surface area contributed by atoms with Gasteiger partial charge in [0.15, 0.2) is 0 Å². The number of nitrogens with one attached hydrogen (secondary N) is 1. The normalized spacial score (nSPS) is 17.3. The van der Waals surface area contributed by atoms with Crippen molar-refractivity contribution in [3.8, 4) is 0 Å². The second-order valence-electron chi connectivity index (χ2n) is 4.10. The van der Waals surface area contributed by atoms with Crippen molar-refractivity contribution < 1.29 is 4.74 Å². The number of anilines is 1. The van der Waals surface area contributed by atoms with Crippen LogP contribution < -0.4 is 5.32 Å². The smallest absolute Gasteiger partial charge is 0.126 e. The van der Waals surface area contributed by atoms with E-state index in [4.69, 9.17) is 4.74 Å². The van der Waals surface area contributed by atoms with Gasteiger partial charge in [0.2, 0.25) is 0 Å². The topological polar surface area (TPSA) is 37.4 Å². The van der Waals surface area contributed by atoms with Crippen molar-refractivity contribution >= 4 is 5.82 Å². The Morgan fingerprint density at radius 2 is 2.25 bits per heavy atom. The van der Waals surface area contributed by atoms with Crippen LogP contribution >= 0.6 is 0 Å². The molecule has 0 saturated carbocycles. The van der Waals surface area contributed by atoms with Crippen molar-refractivity contribution in [1.29, 1.82) is 0 Å². The highest BCUT2D eigenvalue weighted by molar-refractivity contribution is 5.36. The molecule has 1 fully saturated rings. The molecule has 2 rings (SSSR count). The van der Waals surface area contributed by atoms with Crippen LogP contribution in [0.5, 0.6) is 0 Å². The second-order valence-corrected chi connectivity index (χ2v) is 4.10. The van der Waals surface area contributed by atoms with Gasteiger partial charge in [0, 0.05) is 32.4 Å². The van der Waals surface area contributed by atoms with Gasteiger partial charge in [0.1, 0.15) is 5.82 Å². The number of ether oxygens (including phenoxy) is 1. The third kappa shape index (κ3) is 3.47. The molecule has 1 aromatic rings. The zero-order chi connectivity index (χ0) is 11.2. The van der Waals surface area contributed by atoms with Crippen molar-refractivity contribution in [1.82, 2.24) is 9.88 Å². The maximum absolute atomic E-state index is 5.31. The number of hydrogen-bond acceptors (Lipinski definition) is 4. The number of pyridine rings is 1. The Morgan fingerprint density at radius 3 is 3.00 bits per heavy atom. The first kappa shape index (κ1) is 11.4. The molecule has 0 amide bonds. The quantitative estimate of drug-likeness (QED) is 0.827. The van der Waals surface area contributed by atoms with E-state index in [9.17, 15) is 0 Å². The summed E-state index contributed by atoms with van der Waals surface area (Å²) < 4.78 is 5.31. The van der Waals surface area contributed by atoms with Gasteiger partial charge >= 0.3 is 0 Å². The fourth-order valence-corrected chi connectivity index (χ4v) is 1.80. The van der Waals surface area contributed by atoms with Gasteiger partial charge in [-0.25, -0.2) is 4.98 Å². The summed E-state index contributed by atoms with van der Waals surface area (Å²) in [5.41, 5.74) is 1.24. The number of aryl methyl sites for hydroxylation is 1. The van der Waals surface area contributed by atoms with E-state index in [2.05, 4.69) is 28.2 Å². The summed E-state index contributed by atoms with van der Waals surface area (Å²) in [6, 6.07) is 4.08. The van der Waals surface area contributed by atoms with Gasteiger partial charge in [-0.2, -0.15) is 0 Å². The first-order chi connectivity index (χ1) is 7.84. The van der Waals surface area contributed by atoms with Crippen LogP contribution in [0.1, 0.15) is 5.56 Å². The first-order valence-electron chi connectivity index (χ1n) is 5.81. The molecule has 0 atom stereocenters. The zero-order valence-corrected chi connectivity index (χ0v) is 9.78. The highest BCUT2D eigenvalue weighted by Crippen LogP contribution is 2.04. The van der Waals surface area contributed by atoms with Gasteiger partial charge in [0.25, 0.3) is 0 Å². The van der Waals surface area contributed by atoms with E-state index in [1.807, 2.05) is 12.3 Å². The van der Waals surface area contributed by atoms with Crippen molar-refractivity contribution in [2.24, 2.45) is 0 Å². The van der Waals surface area contributed by atoms with Gasteiger partial charge in [-0.3, -0.25) is 4.90 Å². The average Bonchev–Trinajstić information content (AvgIpc) is 2.30. The Morgan fingerprint density at radius 1 is 1.44 bits per heavy atom. The molecule has 88 valence electrons. The van der Waals surface area contributed by atoms with Crippen LogP contribution in [-0.4, -0.2) is 49.3 Å². The fraction of sp³-hybridized carbons (Fsp3) is 0.583. The summed E-state index contributed by atoms with van der Waals surface area (Å²) >= 11 is 0. The third-order valence-corrected chi connectivity index (χ3v) is 2.75. The standard InChI is InChI=1S/C12H19N3O/c1-11-2-3-13-12(10-11)14-4-5-15-6-8-16-9-7-15/h2-3,10H,4-9H2,1H3,(H,13,14). The molecule has 1 aromatic heterocycles. The molecule has 1 saturated heterocycles.